The molecule has 36 heavy (non-hydrogen) atoms. The summed E-state index contributed by atoms with van der Waals surface area (Å²) < 4.78 is 5.84. The van der Waals surface area contributed by atoms with Crippen LogP contribution in [0.2, 0.25) is 0 Å². The SMILES string of the molecule is CC(=O)Nc1nc(C)c(C(=O)NC(C)c2ccc(C3CN(c4ccc(OCC5CC5)cc4)C3)cc2)s1. The molecule has 1 aliphatic heterocycles. The molecular weight excluding hydrogens is 472 g/mol. The van der Waals surface area contributed by atoms with Gasteiger partial charge in [-0.25, -0.2) is 4.98 Å². The molecule has 1 aliphatic carbocycles. The number of aromatic nitrogens is 1. The Morgan fingerprint density at radius 1 is 1.11 bits per heavy atom. The summed E-state index contributed by atoms with van der Waals surface area (Å²) >= 11 is 1.19. The summed E-state index contributed by atoms with van der Waals surface area (Å²) in [5.74, 6) is 1.83. The standard InChI is InChI=1S/C28H32N4O3S/c1-17(29-27(34)26-18(2)30-28(36-26)31-19(3)33)21-6-8-22(9-7-21)23-14-32(15-23)24-10-12-25(13-11-24)35-16-20-4-5-20/h6-13,17,20,23H,4-5,14-16H2,1-3H3,(H,29,34)(H,30,31,33). The van der Waals surface area contributed by atoms with Gasteiger partial charge >= 0.3 is 0 Å². The molecule has 8 heteroatoms. The zero-order valence-electron chi connectivity index (χ0n) is 20.9. The zero-order valence-corrected chi connectivity index (χ0v) is 21.7. The fourth-order valence-corrected chi connectivity index (χ4v) is 5.28. The van der Waals surface area contributed by atoms with Crippen LogP contribution in [0.5, 0.6) is 5.75 Å². The van der Waals surface area contributed by atoms with Gasteiger partial charge < -0.3 is 20.3 Å². The Bertz CT molecular complexity index is 1230. The predicted octanol–water partition coefficient (Wildman–Crippen LogP) is 5.29. The molecule has 2 N–H and O–H groups in total. The van der Waals surface area contributed by atoms with Gasteiger partial charge in [0.1, 0.15) is 10.6 Å². The first-order chi connectivity index (χ1) is 17.4. The third-order valence-electron chi connectivity index (χ3n) is 6.81. The van der Waals surface area contributed by atoms with Crippen molar-refractivity contribution in [3.05, 3.63) is 70.2 Å². The monoisotopic (exact) mass is 504 g/mol. The summed E-state index contributed by atoms with van der Waals surface area (Å²) in [5, 5.41) is 6.13. The molecule has 5 rings (SSSR count). The van der Waals surface area contributed by atoms with E-state index in [1.54, 1.807) is 6.92 Å². The number of aryl methyl sites for hydroxylation is 1. The summed E-state index contributed by atoms with van der Waals surface area (Å²) in [5.41, 5.74) is 4.21. The van der Waals surface area contributed by atoms with E-state index in [1.165, 1.54) is 42.4 Å². The van der Waals surface area contributed by atoms with Crippen molar-refractivity contribution in [1.29, 1.82) is 0 Å². The van der Waals surface area contributed by atoms with Crippen molar-refractivity contribution in [1.82, 2.24) is 10.3 Å². The van der Waals surface area contributed by atoms with Gasteiger partial charge in [0.2, 0.25) is 5.91 Å². The van der Waals surface area contributed by atoms with Gasteiger partial charge in [-0.05, 0) is 68.0 Å². The normalized spacial score (nSPS) is 16.2. The quantitative estimate of drug-likeness (QED) is 0.414. The number of amides is 2. The van der Waals surface area contributed by atoms with Crippen molar-refractivity contribution < 1.29 is 14.3 Å². The average molecular weight is 505 g/mol. The molecule has 0 bridgehead atoms. The molecule has 0 spiro atoms. The number of nitrogens with zero attached hydrogens (tertiary/aromatic N) is 2. The van der Waals surface area contributed by atoms with Crippen molar-refractivity contribution in [3.8, 4) is 5.75 Å². The number of nitrogens with one attached hydrogen (secondary N) is 2. The van der Waals surface area contributed by atoms with Crippen LogP contribution < -0.4 is 20.3 Å². The minimum Gasteiger partial charge on any atom is -0.493 e. The van der Waals surface area contributed by atoms with Crippen molar-refractivity contribution in [3.63, 3.8) is 0 Å². The third kappa shape index (κ3) is 5.70. The lowest BCUT2D eigenvalue weighted by atomic mass is 9.90. The van der Waals surface area contributed by atoms with Gasteiger partial charge in [0.25, 0.3) is 5.91 Å². The topological polar surface area (TPSA) is 83.6 Å². The Labute approximate surface area is 215 Å². The van der Waals surface area contributed by atoms with E-state index < -0.39 is 0 Å². The summed E-state index contributed by atoms with van der Waals surface area (Å²) in [4.78, 5) is 31.2. The first kappa shape index (κ1) is 24.3. The maximum atomic E-state index is 12.8. The largest absolute Gasteiger partial charge is 0.493 e. The van der Waals surface area contributed by atoms with E-state index in [0.717, 1.165) is 36.9 Å². The second-order valence-corrected chi connectivity index (χ2v) is 10.8. The molecule has 2 aromatic carbocycles. The molecule has 1 atom stereocenters. The van der Waals surface area contributed by atoms with Crippen LogP contribution >= 0.6 is 11.3 Å². The van der Waals surface area contributed by atoms with Gasteiger partial charge in [-0.3, -0.25) is 9.59 Å². The van der Waals surface area contributed by atoms with Gasteiger partial charge in [-0.1, -0.05) is 35.6 Å². The van der Waals surface area contributed by atoms with E-state index in [9.17, 15) is 9.59 Å². The number of carbonyl (C=O) groups is 2. The summed E-state index contributed by atoms with van der Waals surface area (Å²) in [6.45, 7) is 8.00. The molecule has 1 saturated heterocycles. The first-order valence-electron chi connectivity index (χ1n) is 12.5. The molecule has 0 radical (unpaired) electrons. The van der Waals surface area contributed by atoms with Crippen LogP contribution in [0.4, 0.5) is 10.8 Å². The summed E-state index contributed by atoms with van der Waals surface area (Å²) in [6, 6.07) is 16.8. The molecule has 7 nitrogen and oxygen atoms in total. The molecule has 188 valence electrons. The first-order valence-corrected chi connectivity index (χ1v) is 13.3. The second kappa shape index (κ2) is 10.3. The Morgan fingerprint density at radius 3 is 2.44 bits per heavy atom. The molecule has 2 amide bonds. The summed E-state index contributed by atoms with van der Waals surface area (Å²) in [7, 11) is 0. The maximum absolute atomic E-state index is 12.8. The van der Waals surface area contributed by atoms with E-state index >= 15 is 0 Å². The molecule has 1 unspecified atom stereocenters. The zero-order chi connectivity index (χ0) is 25.2. The van der Waals surface area contributed by atoms with Crippen molar-refractivity contribution in [2.45, 2.75) is 45.6 Å². The van der Waals surface area contributed by atoms with Crippen LogP contribution in [0, 0.1) is 12.8 Å². The number of anilines is 2. The number of benzene rings is 2. The summed E-state index contributed by atoms with van der Waals surface area (Å²) in [6.07, 6.45) is 2.60. The van der Waals surface area contributed by atoms with E-state index in [1.807, 2.05) is 6.92 Å². The van der Waals surface area contributed by atoms with Crippen LogP contribution in [-0.2, 0) is 4.79 Å². The van der Waals surface area contributed by atoms with Crippen LogP contribution in [0.3, 0.4) is 0 Å². The van der Waals surface area contributed by atoms with Gasteiger partial charge in [-0.2, -0.15) is 0 Å². The van der Waals surface area contributed by atoms with Crippen LogP contribution in [-0.4, -0.2) is 36.5 Å². The van der Waals surface area contributed by atoms with Crippen molar-refractivity contribution in [2.24, 2.45) is 5.92 Å². The Hall–Kier alpha value is -3.39. The molecule has 2 aliphatic rings. The maximum Gasteiger partial charge on any atom is 0.263 e. The molecule has 2 fully saturated rings. The predicted molar refractivity (Wildman–Crippen MR) is 143 cm³/mol. The van der Waals surface area contributed by atoms with Crippen molar-refractivity contribution >= 4 is 34.0 Å². The molecule has 3 aromatic rings. The highest BCUT2D eigenvalue weighted by Gasteiger charge is 2.28. The smallest absolute Gasteiger partial charge is 0.263 e. The van der Waals surface area contributed by atoms with E-state index in [0.29, 0.717) is 21.6 Å². The fourth-order valence-electron chi connectivity index (χ4n) is 4.37. The van der Waals surface area contributed by atoms with Gasteiger partial charge in [0, 0.05) is 31.6 Å². The Morgan fingerprint density at radius 2 is 1.81 bits per heavy atom. The number of carbonyl (C=O) groups excluding carboxylic acids is 2. The van der Waals surface area contributed by atoms with Gasteiger partial charge in [-0.15, -0.1) is 0 Å². The van der Waals surface area contributed by atoms with Crippen LogP contribution in [0.15, 0.2) is 48.5 Å². The molecule has 1 saturated carbocycles. The fraction of sp³-hybridized carbons (Fsp3) is 0.393. The molecular formula is C28H32N4O3S. The number of hydrogen-bond donors (Lipinski definition) is 2. The van der Waals surface area contributed by atoms with Crippen LogP contribution in [0.25, 0.3) is 0 Å². The van der Waals surface area contributed by atoms with Gasteiger partial charge in [0.15, 0.2) is 5.13 Å². The highest BCUT2D eigenvalue weighted by atomic mass is 32.1. The molecule has 1 aromatic heterocycles. The highest BCUT2D eigenvalue weighted by molar-refractivity contribution is 7.17. The highest BCUT2D eigenvalue weighted by Crippen LogP contribution is 2.34. The lowest BCUT2D eigenvalue weighted by molar-refractivity contribution is -0.114. The number of hydrogen-bond acceptors (Lipinski definition) is 6. The lowest BCUT2D eigenvalue weighted by Gasteiger charge is -2.41. The Balaban J connectivity index is 1.12. The van der Waals surface area contributed by atoms with E-state index in [4.69, 9.17) is 4.74 Å². The number of rotatable bonds is 9. The van der Waals surface area contributed by atoms with Crippen molar-refractivity contribution in [2.75, 3.05) is 29.9 Å². The van der Waals surface area contributed by atoms with Crippen LogP contribution in [0.1, 0.15) is 65.1 Å². The number of ether oxygens (including phenoxy) is 1. The minimum absolute atomic E-state index is 0.143. The average Bonchev–Trinajstić information content (AvgIpc) is 3.58. The molecule has 2 heterocycles. The Kier molecular flexibility index (Phi) is 6.96. The third-order valence-corrected chi connectivity index (χ3v) is 7.88. The van der Waals surface area contributed by atoms with E-state index in [2.05, 4.69) is 69.0 Å². The minimum atomic E-state index is -0.203. The number of thiazole rings is 1. The lowest BCUT2D eigenvalue weighted by Crippen LogP contribution is -2.45. The second-order valence-electron chi connectivity index (χ2n) is 9.83. The van der Waals surface area contributed by atoms with E-state index in [-0.39, 0.29) is 17.9 Å². The van der Waals surface area contributed by atoms with Gasteiger partial charge in [0.05, 0.1) is 18.3 Å².